The Bertz CT molecular complexity index is 1250. The van der Waals surface area contributed by atoms with E-state index in [1.807, 2.05) is 0 Å². The average Bonchev–Trinajstić information content (AvgIpc) is 3.18. The number of rotatable bonds is 6. The van der Waals surface area contributed by atoms with Gasteiger partial charge >= 0.3 is 6.09 Å². The van der Waals surface area contributed by atoms with Crippen LogP contribution < -0.4 is 5.32 Å². The Morgan fingerprint density at radius 3 is 2.69 bits per heavy atom. The number of pyridine rings is 1. The number of anilines is 1. The van der Waals surface area contributed by atoms with Crippen molar-refractivity contribution in [3.05, 3.63) is 23.1 Å². The highest BCUT2D eigenvalue weighted by atomic mass is 32.1. The minimum atomic E-state index is -0.827. The molecular weight excluding hydrogens is 460 g/mol. The summed E-state index contributed by atoms with van der Waals surface area (Å²) in [6.45, 7) is 13.5. The number of aromatic nitrogens is 3. The van der Waals surface area contributed by atoms with Crippen molar-refractivity contribution in [3.63, 3.8) is 0 Å². The minimum absolute atomic E-state index is 0.281. The van der Waals surface area contributed by atoms with Gasteiger partial charge in [-0.1, -0.05) is 27.7 Å². The van der Waals surface area contributed by atoms with Crippen LogP contribution in [0.3, 0.4) is 0 Å². The van der Waals surface area contributed by atoms with Gasteiger partial charge in [-0.05, 0) is 48.1 Å². The molecule has 1 aliphatic carbocycles. The molecule has 5 rings (SSSR count). The van der Waals surface area contributed by atoms with Gasteiger partial charge in [0.1, 0.15) is 17.0 Å². The van der Waals surface area contributed by atoms with Gasteiger partial charge in [-0.3, -0.25) is 4.90 Å². The normalized spacial score (nSPS) is 18.4. The third-order valence-electron chi connectivity index (χ3n) is 7.38. The first kappa shape index (κ1) is 24.2. The van der Waals surface area contributed by atoms with Crippen molar-refractivity contribution in [3.8, 4) is 0 Å². The molecule has 2 N–H and O–H groups in total. The molecule has 2 aliphatic rings. The lowest BCUT2D eigenvalue weighted by Crippen LogP contribution is -2.49. The molecule has 35 heavy (non-hydrogen) atoms. The Balaban J connectivity index is 1.43. The fourth-order valence-corrected chi connectivity index (χ4v) is 6.60. The lowest BCUT2D eigenvalue weighted by Gasteiger charge is -2.33. The second-order valence-corrected chi connectivity index (χ2v) is 12.2. The van der Waals surface area contributed by atoms with Crippen molar-refractivity contribution in [1.82, 2.24) is 24.8 Å². The van der Waals surface area contributed by atoms with Gasteiger partial charge < -0.3 is 15.3 Å². The van der Waals surface area contributed by atoms with Crippen LogP contribution in [0.15, 0.2) is 6.33 Å². The van der Waals surface area contributed by atoms with Crippen molar-refractivity contribution >= 4 is 43.7 Å². The van der Waals surface area contributed by atoms with E-state index in [1.54, 1.807) is 17.7 Å². The number of nitrogens with one attached hydrogen (secondary N) is 1. The van der Waals surface area contributed by atoms with Gasteiger partial charge in [-0.25, -0.2) is 19.7 Å². The monoisotopic (exact) mass is 496 g/mol. The summed E-state index contributed by atoms with van der Waals surface area (Å²) in [7, 11) is 0. The summed E-state index contributed by atoms with van der Waals surface area (Å²) in [6.07, 6.45) is 5.21. The molecule has 0 spiro atoms. The zero-order valence-corrected chi connectivity index (χ0v) is 22.0. The van der Waals surface area contributed by atoms with Crippen LogP contribution in [-0.4, -0.2) is 75.2 Å². The molecular formula is C26H36N6O2S. The summed E-state index contributed by atoms with van der Waals surface area (Å²) < 4.78 is 1.08. The summed E-state index contributed by atoms with van der Waals surface area (Å²) in [4.78, 5) is 30.5. The largest absolute Gasteiger partial charge is 0.465 e. The maximum atomic E-state index is 11.1. The summed E-state index contributed by atoms with van der Waals surface area (Å²) >= 11 is 1.71. The van der Waals surface area contributed by atoms with Crippen LogP contribution in [0.5, 0.6) is 0 Å². The Morgan fingerprint density at radius 2 is 1.97 bits per heavy atom. The Labute approximate surface area is 210 Å². The van der Waals surface area contributed by atoms with Crippen LogP contribution in [0.4, 0.5) is 10.6 Å². The number of hydrogen-bond donors (Lipinski definition) is 2. The lowest BCUT2D eigenvalue weighted by atomic mass is 9.73. The molecule has 0 radical (unpaired) electrons. The van der Waals surface area contributed by atoms with Gasteiger partial charge in [0.2, 0.25) is 0 Å². The molecule has 0 bridgehead atoms. The molecule has 9 heteroatoms. The first-order chi connectivity index (χ1) is 16.7. The Kier molecular flexibility index (Phi) is 6.57. The SMILES string of the molecule is CC(C)Cc1nc2sc3c(NCCN4CCN(C(=O)O)CC4)ncnc3c2c2c1CCC(C)(C)C2. The Morgan fingerprint density at radius 1 is 1.20 bits per heavy atom. The highest BCUT2D eigenvalue weighted by molar-refractivity contribution is 7.26. The van der Waals surface area contributed by atoms with Crippen LogP contribution in [-0.2, 0) is 19.3 Å². The van der Waals surface area contributed by atoms with Gasteiger partial charge in [0.05, 0.1) is 10.2 Å². The number of thiophene rings is 1. The van der Waals surface area contributed by atoms with E-state index in [4.69, 9.17) is 15.1 Å². The second-order valence-electron chi connectivity index (χ2n) is 11.2. The van der Waals surface area contributed by atoms with Crippen LogP contribution >= 0.6 is 11.3 Å². The molecule has 1 amide bonds. The van der Waals surface area contributed by atoms with E-state index in [0.29, 0.717) is 19.0 Å². The van der Waals surface area contributed by atoms with E-state index in [2.05, 4.69) is 42.9 Å². The van der Waals surface area contributed by atoms with Crippen LogP contribution in [0.1, 0.15) is 50.9 Å². The first-order valence-corrected chi connectivity index (χ1v) is 13.6. The number of piperazine rings is 1. The fourth-order valence-electron chi connectivity index (χ4n) is 5.46. The molecule has 4 heterocycles. The second kappa shape index (κ2) is 9.50. The highest BCUT2D eigenvalue weighted by Crippen LogP contribution is 2.44. The molecule has 1 fully saturated rings. The van der Waals surface area contributed by atoms with E-state index < -0.39 is 6.09 Å². The van der Waals surface area contributed by atoms with E-state index in [0.717, 1.165) is 66.3 Å². The van der Waals surface area contributed by atoms with Crippen molar-refractivity contribution in [2.75, 3.05) is 44.6 Å². The number of carbonyl (C=O) groups is 1. The van der Waals surface area contributed by atoms with Gasteiger partial charge in [-0.2, -0.15) is 0 Å². The van der Waals surface area contributed by atoms with E-state index in [1.165, 1.54) is 33.5 Å². The molecule has 1 aliphatic heterocycles. The summed E-state index contributed by atoms with van der Waals surface area (Å²) in [6, 6.07) is 0. The number of fused-ring (bicyclic) bond motifs is 5. The maximum Gasteiger partial charge on any atom is 0.407 e. The van der Waals surface area contributed by atoms with Gasteiger partial charge in [0, 0.05) is 50.3 Å². The van der Waals surface area contributed by atoms with Crippen LogP contribution in [0.25, 0.3) is 20.4 Å². The van der Waals surface area contributed by atoms with Gasteiger partial charge in [0.15, 0.2) is 0 Å². The Hall–Kier alpha value is -2.52. The quantitative estimate of drug-likeness (QED) is 0.512. The molecule has 8 nitrogen and oxygen atoms in total. The van der Waals surface area contributed by atoms with Crippen LogP contribution in [0, 0.1) is 11.3 Å². The molecule has 3 aromatic heterocycles. The van der Waals surface area contributed by atoms with Crippen molar-refractivity contribution in [2.45, 2.75) is 53.4 Å². The molecule has 0 aromatic carbocycles. The van der Waals surface area contributed by atoms with Crippen molar-refractivity contribution < 1.29 is 9.90 Å². The third-order valence-corrected chi connectivity index (χ3v) is 8.46. The predicted molar refractivity (Wildman–Crippen MR) is 142 cm³/mol. The standard InChI is InChI=1S/C26H36N6O2S/c1-16(2)13-19-17-5-6-26(3,4)14-18(17)20-21-22(35-24(20)30-19)23(29-15-28-21)27-7-8-31-9-11-32(12-10-31)25(33)34/h15-16H,5-14H2,1-4H3,(H,33,34)(H,27,28,29). The predicted octanol–water partition coefficient (Wildman–Crippen LogP) is 4.66. The zero-order chi connectivity index (χ0) is 24.7. The molecule has 0 atom stereocenters. The number of hydrogen-bond acceptors (Lipinski definition) is 7. The molecule has 0 unspecified atom stereocenters. The zero-order valence-electron chi connectivity index (χ0n) is 21.2. The number of carboxylic acid groups (broad SMARTS) is 1. The number of nitrogens with zero attached hydrogens (tertiary/aromatic N) is 5. The fraction of sp³-hybridized carbons (Fsp3) is 0.615. The number of amides is 1. The van der Waals surface area contributed by atoms with E-state index in [-0.39, 0.29) is 5.41 Å². The molecule has 1 saturated heterocycles. The molecule has 0 saturated carbocycles. The summed E-state index contributed by atoms with van der Waals surface area (Å²) in [5.74, 6) is 1.44. The minimum Gasteiger partial charge on any atom is -0.465 e. The smallest absolute Gasteiger partial charge is 0.407 e. The highest BCUT2D eigenvalue weighted by Gasteiger charge is 2.31. The third kappa shape index (κ3) is 4.93. The average molecular weight is 497 g/mol. The van der Waals surface area contributed by atoms with Gasteiger partial charge in [-0.15, -0.1) is 11.3 Å². The van der Waals surface area contributed by atoms with E-state index in [9.17, 15) is 4.79 Å². The molecule has 188 valence electrons. The van der Waals surface area contributed by atoms with E-state index >= 15 is 0 Å². The summed E-state index contributed by atoms with van der Waals surface area (Å²) in [5.41, 5.74) is 5.49. The maximum absolute atomic E-state index is 11.1. The van der Waals surface area contributed by atoms with Crippen LogP contribution in [0.2, 0.25) is 0 Å². The first-order valence-electron chi connectivity index (χ1n) is 12.7. The lowest BCUT2D eigenvalue weighted by molar-refractivity contribution is 0.107. The topological polar surface area (TPSA) is 94.5 Å². The van der Waals surface area contributed by atoms with Crippen molar-refractivity contribution in [1.29, 1.82) is 0 Å². The van der Waals surface area contributed by atoms with Gasteiger partial charge in [0.25, 0.3) is 0 Å². The van der Waals surface area contributed by atoms with Crippen molar-refractivity contribution in [2.24, 2.45) is 11.3 Å². The molecule has 3 aromatic rings. The summed E-state index contributed by atoms with van der Waals surface area (Å²) in [5, 5.41) is 13.9.